The van der Waals surface area contributed by atoms with E-state index in [0.717, 1.165) is 11.1 Å². The van der Waals surface area contributed by atoms with Gasteiger partial charge in [0.15, 0.2) is 6.10 Å². The molecule has 2 aromatic rings. The Morgan fingerprint density at radius 3 is 2.15 bits per heavy atom. The number of amides is 1. The molecule has 2 heterocycles. The monoisotopic (exact) mass is 353 g/mol. The fraction of sp³-hybridized carbons (Fsp3) is 0.300. The normalized spacial score (nSPS) is 22.1. The van der Waals surface area contributed by atoms with Crippen molar-refractivity contribution in [1.29, 1.82) is 0 Å². The summed E-state index contributed by atoms with van der Waals surface area (Å²) in [5.74, 6) is -0.395. The molecule has 1 N–H and O–H groups in total. The van der Waals surface area contributed by atoms with Crippen LogP contribution < -0.4 is 4.74 Å². The number of benzene rings is 2. The Morgan fingerprint density at radius 1 is 1.00 bits per heavy atom. The molecule has 6 nitrogen and oxygen atoms in total. The molecule has 1 amide bonds. The second-order valence-corrected chi connectivity index (χ2v) is 6.63. The van der Waals surface area contributed by atoms with E-state index in [1.165, 1.54) is 0 Å². The number of rotatable bonds is 2. The lowest BCUT2D eigenvalue weighted by atomic mass is 9.86. The van der Waals surface area contributed by atoms with Crippen molar-refractivity contribution in [2.45, 2.75) is 25.0 Å². The summed E-state index contributed by atoms with van der Waals surface area (Å²) in [6.45, 7) is 2.19. The predicted octanol–water partition coefficient (Wildman–Crippen LogP) is 2.62. The van der Waals surface area contributed by atoms with E-state index >= 15 is 0 Å². The van der Waals surface area contributed by atoms with Gasteiger partial charge in [0.2, 0.25) is 5.91 Å². The molecule has 2 aromatic carbocycles. The van der Waals surface area contributed by atoms with Crippen LogP contribution in [0, 0.1) is 0 Å². The van der Waals surface area contributed by atoms with Crippen LogP contribution in [0.1, 0.15) is 24.0 Å². The first kappa shape index (κ1) is 16.6. The minimum atomic E-state index is -1.05. The molecule has 134 valence electrons. The van der Waals surface area contributed by atoms with Crippen LogP contribution in [-0.4, -0.2) is 47.2 Å². The maximum atomic E-state index is 13.4. The zero-order valence-corrected chi connectivity index (χ0v) is 14.3. The minimum absolute atomic E-state index is 0.0419. The van der Waals surface area contributed by atoms with E-state index in [0.29, 0.717) is 18.0 Å². The zero-order chi connectivity index (χ0) is 18.3. The van der Waals surface area contributed by atoms with Crippen molar-refractivity contribution < 1.29 is 24.2 Å². The molecule has 0 saturated carbocycles. The predicted molar refractivity (Wildman–Crippen MR) is 93.4 cm³/mol. The van der Waals surface area contributed by atoms with Crippen LogP contribution in [-0.2, 0) is 14.3 Å². The number of ether oxygens (including phenoxy) is 2. The van der Waals surface area contributed by atoms with E-state index in [1.54, 1.807) is 11.8 Å². The van der Waals surface area contributed by atoms with Crippen molar-refractivity contribution >= 4 is 11.9 Å². The molecule has 0 radical (unpaired) electrons. The fourth-order valence-electron chi connectivity index (χ4n) is 3.63. The molecule has 0 aromatic heterocycles. The highest BCUT2D eigenvalue weighted by Gasteiger charge is 2.39. The number of carbonyl (C=O) groups is 2. The van der Waals surface area contributed by atoms with Crippen LogP contribution in [0.4, 0.5) is 0 Å². The van der Waals surface area contributed by atoms with E-state index in [2.05, 4.69) is 0 Å². The molecule has 1 fully saturated rings. The van der Waals surface area contributed by atoms with Crippen LogP contribution >= 0.6 is 0 Å². The summed E-state index contributed by atoms with van der Waals surface area (Å²) in [7, 11) is 0. The van der Waals surface area contributed by atoms with Gasteiger partial charge in [-0.15, -0.1) is 0 Å². The summed E-state index contributed by atoms with van der Waals surface area (Å²) >= 11 is 0. The van der Waals surface area contributed by atoms with E-state index < -0.39 is 18.0 Å². The first-order valence-electron chi connectivity index (χ1n) is 8.57. The lowest BCUT2D eigenvalue weighted by Gasteiger charge is -2.38. The lowest BCUT2D eigenvalue weighted by Crippen LogP contribution is -2.53. The van der Waals surface area contributed by atoms with Crippen LogP contribution in [0.15, 0.2) is 48.5 Å². The van der Waals surface area contributed by atoms with Gasteiger partial charge in [0.1, 0.15) is 11.5 Å². The van der Waals surface area contributed by atoms with Crippen molar-refractivity contribution in [2.75, 3.05) is 13.1 Å². The molecule has 0 aliphatic carbocycles. The van der Waals surface area contributed by atoms with Crippen molar-refractivity contribution in [1.82, 2.24) is 4.90 Å². The molecule has 0 bridgehead atoms. The van der Waals surface area contributed by atoms with Crippen LogP contribution in [0.25, 0.3) is 0 Å². The number of hydrogen-bond acceptors (Lipinski definition) is 4. The van der Waals surface area contributed by atoms with E-state index in [4.69, 9.17) is 9.47 Å². The highest BCUT2D eigenvalue weighted by atomic mass is 16.5. The second-order valence-electron chi connectivity index (χ2n) is 6.63. The SMILES string of the molecule is C[C@@H]1CN(C(=O)C2c3ccccc3Oc3ccccc32)CC(C(=O)O)O1. The highest BCUT2D eigenvalue weighted by molar-refractivity contribution is 5.90. The third-order valence-electron chi connectivity index (χ3n) is 4.77. The number of hydrogen-bond donors (Lipinski definition) is 1. The van der Waals surface area contributed by atoms with E-state index in [-0.39, 0.29) is 18.6 Å². The number of carbonyl (C=O) groups excluding carboxylic acids is 1. The number of carboxylic acid groups (broad SMARTS) is 1. The topological polar surface area (TPSA) is 76.1 Å². The van der Waals surface area contributed by atoms with Gasteiger partial charge < -0.3 is 19.5 Å². The van der Waals surface area contributed by atoms with Gasteiger partial charge in [-0.2, -0.15) is 0 Å². The summed E-state index contributed by atoms with van der Waals surface area (Å²) in [5.41, 5.74) is 1.59. The van der Waals surface area contributed by atoms with Crippen molar-refractivity contribution in [2.24, 2.45) is 0 Å². The van der Waals surface area contributed by atoms with E-state index in [1.807, 2.05) is 48.5 Å². The first-order chi connectivity index (χ1) is 12.5. The quantitative estimate of drug-likeness (QED) is 0.898. The standard InChI is InChI=1S/C20H19NO5/c1-12-10-21(11-17(25-12)20(23)24)19(22)18-13-6-2-4-8-15(13)26-16-9-5-3-7-14(16)18/h2-9,12,17-18H,10-11H2,1H3,(H,23,24)/t12-,17?/m1/s1. The average molecular weight is 353 g/mol. The number of morpholine rings is 1. The zero-order valence-electron chi connectivity index (χ0n) is 14.3. The van der Waals surface area contributed by atoms with Gasteiger partial charge >= 0.3 is 5.97 Å². The Bertz CT molecular complexity index is 819. The molecule has 2 aliphatic rings. The van der Waals surface area contributed by atoms with Crippen LogP contribution in [0.3, 0.4) is 0 Å². The minimum Gasteiger partial charge on any atom is -0.479 e. The molecule has 6 heteroatoms. The van der Waals surface area contributed by atoms with E-state index in [9.17, 15) is 14.7 Å². The van der Waals surface area contributed by atoms with Gasteiger partial charge in [-0.05, 0) is 19.1 Å². The lowest BCUT2D eigenvalue weighted by molar-refractivity contribution is -0.166. The largest absolute Gasteiger partial charge is 0.479 e. The molecule has 1 saturated heterocycles. The van der Waals surface area contributed by atoms with Gasteiger partial charge in [-0.1, -0.05) is 36.4 Å². The van der Waals surface area contributed by atoms with Crippen molar-refractivity contribution in [3.63, 3.8) is 0 Å². The third-order valence-corrected chi connectivity index (χ3v) is 4.77. The molecule has 0 spiro atoms. The maximum Gasteiger partial charge on any atom is 0.334 e. The number of nitrogens with zero attached hydrogens (tertiary/aromatic N) is 1. The number of para-hydroxylation sites is 2. The summed E-state index contributed by atoms with van der Waals surface area (Å²) in [6.07, 6.45) is -1.34. The Balaban J connectivity index is 1.73. The molecular formula is C20H19NO5. The smallest absolute Gasteiger partial charge is 0.334 e. The van der Waals surface area contributed by atoms with Crippen molar-refractivity contribution in [3.05, 3.63) is 59.7 Å². The molecule has 2 aliphatic heterocycles. The van der Waals surface area contributed by atoms with Gasteiger partial charge in [0, 0.05) is 17.7 Å². The Hall–Kier alpha value is -2.86. The molecule has 1 unspecified atom stereocenters. The van der Waals surface area contributed by atoms with Crippen LogP contribution in [0.5, 0.6) is 11.5 Å². The number of fused-ring (bicyclic) bond motifs is 2. The third kappa shape index (κ3) is 2.82. The second kappa shape index (κ2) is 6.46. The van der Waals surface area contributed by atoms with Gasteiger partial charge in [-0.25, -0.2) is 4.79 Å². The summed E-state index contributed by atoms with van der Waals surface area (Å²) in [6, 6.07) is 14.9. The molecule has 4 rings (SSSR count). The van der Waals surface area contributed by atoms with Gasteiger partial charge in [0.05, 0.1) is 18.6 Å². The maximum absolute atomic E-state index is 13.4. The number of carboxylic acids is 1. The fourth-order valence-corrected chi connectivity index (χ4v) is 3.63. The Labute approximate surface area is 151 Å². The Kier molecular flexibility index (Phi) is 4.12. The summed E-state index contributed by atoms with van der Waals surface area (Å²) in [5, 5.41) is 9.30. The molecule has 26 heavy (non-hydrogen) atoms. The molecule has 2 atom stereocenters. The van der Waals surface area contributed by atoms with Gasteiger partial charge in [0.25, 0.3) is 0 Å². The molecular weight excluding hydrogens is 334 g/mol. The Morgan fingerprint density at radius 2 is 1.58 bits per heavy atom. The van der Waals surface area contributed by atoms with Gasteiger partial charge in [-0.3, -0.25) is 4.79 Å². The summed E-state index contributed by atoms with van der Waals surface area (Å²) < 4.78 is 11.4. The van der Waals surface area contributed by atoms with Crippen molar-refractivity contribution in [3.8, 4) is 11.5 Å². The number of aliphatic carboxylic acids is 1. The average Bonchev–Trinajstić information content (AvgIpc) is 2.65. The highest BCUT2D eigenvalue weighted by Crippen LogP contribution is 2.44. The summed E-state index contributed by atoms with van der Waals surface area (Å²) in [4.78, 5) is 26.4. The van der Waals surface area contributed by atoms with Crippen LogP contribution in [0.2, 0.25) is 0 Å². The first-order valence-corrected chi connectivity index (χ1v) is 8.57.